The zero-order valence-corrected chi connectivity index (χ0v) is 39.3. The first-order valence-electron chi connectivity index (χ1n) is 23.6. The summed E-state index contributed by atoms with van der Waals surface area (Å²) in [4.78, 5) is 2.58. The van der Waals surface area contributed by atoms with Gasteiger partial charge in [0, 0.05) is 22.5 Å². The molecule has 9 aromatic carbocycles. The van der Waals surface area contributed by atoms with Crippen molar-refractivity contribution in [3.63, 3.8) is 0 Å². The van der Waals surface area contributed by atoms with E-state index in [1.54, 1.807) is 0 Å². The Morgan fingerprint density at radius 1 is 0.379 bits per heavy atom. The van der Waals surface area contributed by atoms with Gasteiger partial charge in [0.25, 0.3) is 0 Å². The Kier molecular flexibility index (Phi) is 7.38. The molecule has 10 aromatic rings. The maximum atomic E-state index is 6.86. The topological polar surface area (TPSA) is 16.4 Å². The number of nitrogens with zero attached hydrogens (tertiary/aromatic N) is 1. The summed E-state index contributed by atoms with van der Waals surface area (Å²) < 4.78 is 6.86. The van der Waals surface area contributed by atoms with E-state index < -0.39 is 13.5 Å². The number of hydrogen-bond acceptors (Lipinski definition) is 2. The van der Waals surface area contributed by atoms with E-state index >= 15 is 0 Å². The van der Waals surface area contributed by atoms with E-state index in [2.05, 4.69) is 234 Å². The molecule has 4 aliphatic rings. The van der Waals surface area contributed by atoms with Crippen molar-refractivity contribution in [2.45, 2.75) is 57.8 Å². The predicted molar refractivity (Wildman–Crippen MR) is 278 cm³/mol. The molecule has 3 aliphatic heterocycles. The molecule has 66 heavy (non-hydrogen) atoms. The highest BCUT2D eigenvalue weighted by atomic mass is 28.3. The fourth-order valence-corrected chi connectivity index (χ4v) is 18.5. The number of rotatable bonds is 1. The molecule has 0 radical (unpaired) electrons. The average Bonchev–Trinajstić information content (AvgIpc) is 4.03. The molecular weight excluding hydrogens is 815 g/mol. The van der Waals surface area contributed by atoms with Gasteiger partial charge in [-0.2, -0.15) is 0 Å². The molecule has 1 aromatic heterocycles. The summed E-state index contributed by atoms with van der Waals surface area (Å²) in [5.41, 5.74) is 20.7. The molecule has 0 amide bonds. The SMILES string of the molecule is CC(C)(C)c1ccc2c(c1)C1(c3cc(C(C)(C)C)ccc3-2)c2ccccc2N(c2ccc3c(c2)[Si]2(c4ccccc4-c4ccccc42)c2ccccc2-3)c2cc3oc4ccccc4c3cc21. The smallest absolute Gasteiger partial charge is 0.182 e. The van der Waals surface area contributed by atoms with Gasteiger partial charge in [0.15, 0.2) is 8.07 Å². The van der Waals surface area contributed by atoms with Crippen LogP contribution in [0.2, 0.25) is 0 Å². The Morgan fingerprint density at radius 2 is 0.894 bits per heavy atom. The van der Waals surface area contributed by atoms with E-state index in [1.165, 1.54) is 98.9 Å². The summed E-state index contributed by atoms with van der Waals surface area (Å²) in [5.74, 6) is 0. The van der Waals surface area contributed by atoms with E-state index in [1.807, 2.05) is 0 Å². The maximum absolute atomic E-state index is 6.86. The largest absolute Gasteiger partial charge is 0.456 e. The molecule has 0 saturated heterocycles. The van der Waals surface area contributed by atoms with Crippen LogP contribution in [0.4, 0.5) is 17.1 Å². The average molecular weight is 864 g/mol. The van der Waals surface area contributed by atoms with E-state index in [0.29, 0.717) is 0 Å². The first kappa shape index (κ1) is 38.1. The first-order valence-corrected chi connectivity index (χ1v) is 25.6. The normalized spacial score (nSPS) is 15.3. The van der Waals surface area contributed by atoms with Crippen LogP contribution >= 0.6 is 0 Å². The molecule has 2 nitrogen and oxygen atoms in total. The highest BCUT2D eigenvalue weighted by molar-refractivity contribution is 7.24. The highest BCUT2D eigenvalue weighted by Gasteiger charge is 2.56. The third-order valence-corrected chi connectivity index (χ3v) is 20.8. The van der Waals surface area contributed by atoms with Gasteiger partial charge in [-0.3, -0.25) is 0 Å². The minimum absolute atomic E-state index is 0.0470. The molecular formula is C63H49NOSi. The molecule has 0 N–H and O–H groups in total. The molecule has 4 heterocycles. The third-order valence-electron chi connectivity index (χ3n) is 15.8. The number of para-hydroxylation sites is 2. The Bertz CT molecular complexity index is 3630. The highest BCUT2D eigenvalue weighted by Crippen LogP contribution is 2.65. The van der Waals surface area contributed by atoms with Crippen molar-refractivity contribution < 1.29 is 4.42 Å². The second-order valence-corrected chi connectivity index (χ2v) is 24.9. The predicted octanol–water partition coefficient (Wildman–Crippen LogP) is 13.7. The second-order valence-electron chi connectivity index (χ2n) is 21.2. The minimum Gasteiger partial charge on any atom is -0.456 e. The fraction of sp³-hybridized carbons (Fsp3) is 0.143. The molecule has 0 fully saturated rings. The van der Waals surface area contributed by atoms with Crippen LogP contribution in [0, 0.1) is 0 Å². The Balaban J connectivity index is 1.12. The Morgan fingerprint density at radius 3 is 1.50 bits per heavy atom. The number of anilines is 3. The van der Waals surface area contributed by atoms with Gasteiger partial charge >= 0.3 is 0 Å². The summed E-state index contributed by atoms with van der Waals surface area (Å²) in [7, 11) is -2.72. The lowest BCUT2D eigenvalue weighted by Crippen LogP contribution is -2.70. The molecule has 0 atom stereocenters. The van der Waals surface area contributed by atoms with Gasteiger partial charge in [-0.15, -0.1) is 0 Å². The van der Waals surface area contributed by atoms with Crippen molar-refractivity contribution in [2.75, 3.05) is 4.90 Å². The van der Waals surface area contributed by atoms with Crippen LogP contribution < -0.4 is 25.6 Å². The number of fused-ring (bicyclic) bond motifs is 22. The molecule has 0 bridgehead atoms. The summed E-state index contributed by atoms with van der Waals surface area (Å²) in [5, 5.41) is 8.21. The summed E-state index contributed by atoms with van der Waals surface area (Å²) in [6.45, 7) is 14.1. The van der Waals surface area contributed by atoms with Gasteiger partial charge in [-0.1, -0.05) is 193 Å². The standard InChI is InChI=1S/C63H49NOSi/c1-61(2,3)38-27-30-41-42-31-28-39(62(4,5)6)34-51(42)63(50(41)33-38)49-21-11-12-22-53(49)64(54-37-56-48(36-52(54)63)43-17-7-13-23-55(43)65-56)40-29-32-47-46-20-10-16-26-59(46)66(60(47)35-40)57-24-14-8-18-44(57)45-19-9-15-25-58(45)66/h7-37H,1-6H3. The summed E-state index contributed by atoms with van der Waals surface area (Å²) in [6.07, 6.45) is 0. The lowest BCUT2D eigenvalue weighted by Gasteiger charge is -2.45. The molecule has 2 spiro atoms. The molecule has 0 unspecified atom stereocenters. The fourth-order valence-electron chi connectivity index (χ4n) is 12.8. The first-order chi connectivity index (χ1) is 32.0. The minimum atomic E-state index is -2.72. The number of benzene rings is 9. The molecule has 1 aliphatic carbocycles. The van der Waals surface area contributed by atoms with Crippen LogP contribution in [0.5, 0.6) is 0 Å². The zero-order chi connectivity index (χ0) is 44.5. The Labute approximate surface area is 387 Å². The van der Waals surface area contributed by atoms with Crippen molar-refractivity contribution in [1.29, 1.82) is 0 Å². The van der Waals surface area contributed by atoms with Crippen molar-refractivity contribution in [3.05, 3.63) is 221 Å². The van der Waals surface area contributed by atoms with Crippen LogP contribution in [-0.4, -0.2) is 8.07 Å². The Hall–Kier alpha value is -7.20. The van der Waals surface area contributed by atoms with Gasteiger partial charge in [0.2, 0.25) is 0 Å². The van der Waals surface area contributed by atoms with Crippen molar-refractivity contribution in [2.24, 2.45) is 0 Å². The maximum Gasteiger partial charge on any atom is 0.182 e. The van der Waals surface area contributed by atoms with Crippen molar-refractivity contribution >= 4 is 67.8 Å². The van der Waals surface area contributed by atoms with Crippen LogP contribution in [0.1, 0.15) is 74.9 Å². The quantitative estimate of drug-likeness (QED) is 0.153. The van der Waals surface area contributed by atoms with Crippen LogP contribution in [0.15, 0.2) is 192 Å². The van der Waals surface area contributed by atoms with Crippen LogP contribution in [0.3, 0.4) is 0 Å². The van der Waals surface area contributed by atoms with Gasteiger partial charge in [0.1, 0.15) is 11.2 Å². The monoisotopic (exact) mass is 863 g/mol. The van der Waals surface area contributed by atoms with E-state index in [9.17, 15) is 0 Å². The molecule has 0 saturated carbocycles. The van der Waals surface area contributed by atoms with Crippen LogP contribution in [0.25, 0.3) is 55.3 Å². The van der Waals surface area contributed by atoms with Gasteiger partial charge < -0.3 is 9.32 Å². The van der Waals surface area contributed by atoms with Gasteiger partial charge in [0.05, 0.1) is 16.8 Å². The van der Waals surface area contributed by atoms with E-state index in [4.69, 9.17) is 4.42 Å². The van der Waals surface area contributed by atoms with Crippen molar-refractivity contribution in [1.82, 2.24) is 0 Å². The lowest BCUT2D eigenvalue weighted by atomic mass is 9.63. The summed E-state index contributed by atoms with van der Waals surface area (Å²) >= 11 is 0. The summed E-state index contributed by atoms with van der Waals surface area (Å²) in [6, 6.07) is 72.6. The molecule has 14 rings (SSSR count). The van der Waals surface area contributed by atoms with Crippen molar-refractivity contribution in [3.8, 4) is 33.4 Å². The third kappa shape index (κ3) is 4.66. The van der Waals surface area contributed by atoms with Gasteiger partial charge in [-0.25, -0.2) is 0 Å². The van der Waals surface area contributed by atoms with E-state index in [0.717, 1.165) is 27.6 Å². The second kappa shape index (κ2) is 12.8. The lowest BCUT2D eigenvalue weighted by molar-refractivity contribution is 0.586. The van der Waals surface area contributed by atoms with Gasteiger partial charge in [-0.05, 0) is 129 Å². The van der Waals surface area contributed by atoms with Crippen LogP contribution in [-0.2, 0) is 16.2 Å². The molecule has 3 heteroatoms. The zero-order valence-electron chi connectivity index (χ0n) is 38.3. The number of hydrogen-bond donors (Lipinski definition) is 0. The van der Waals surface area contributed by atoms with E-state index in [-0.39, 0.29) is 10.8 Å². The number of furan rings is 1. The molecule has 316 valence electrons.